The number of carboxylic acid groups (broad SMARTS) is 1. The van der Waals surface area contributed by atoms with E-state index in [9.17, 15) is 18.7 Å². The summed E-state index contributed by atoms with van der Waals surface area (Å²) in [6.07, 6.45) is 1.90. The number of nitrogens with zero attached hydrogens (tertiary/aromatic N) is 1. The van der Waals surface area contributed by atoms with Gasteiger partial charge in [-0.25, -0.2) is 8.78 Å². The Morgan fingerprint density at radius 2 is 1.45 bits per heavy atom. The molecule has 1 aliphatic heterocycles. The van der Waals surface area contributed by atoms with E-state index in [-0.39, 0.29) is 12.0 Å². The molecule has 0 aromatic heterocycles. The molecular formula is C35H37F2NO3S. The maximum absolute atomic E-state index is 14.6. The minimum absolute atomic E-state index is 0.0307. The van der Waals surface area contributed by atoms with E-state index in [1.807, 2.05) is 63.4 Å². The van der Waals surface area contributed by atoms with Crippen molar-refractivity contribution in [1.29, 1.82) is 0 Å². The number of rotatable bonds is 5. The van der Waals surface area contributed by atoms with E-state index in [0.29, 0.717) is 12.1 Å². The second kappa shape index (κ2) is 12.3. The Morgan fingerprint density at radius 3 is 2.00 bits per heavy atom. The SMILES string of the molecule is CC(C)(C)O.CSN1Cc2cc(-c3c(F)cccc3F)ccc2-c2c(C)c(-c3ccc(C)cc3)c(CC(=O)O)c(C)c21. The lowest BCUT2D eigenvalue weighted by Crippen LogP contribution is -2.22. The minimum atomic E-state index is -0.876. The lowest BCUT2D eigenvalue weighted by Gasteiger charge is -2.36. The summed E-state index contributed by atoms with van der Waals surface area (Å²) in [7, 11) is 0. The molecule has 4 aromatic rings. The van der Waals surface area contributed by atoms with Gasteiger partial charge in [0.2, 0.25) is 0 Å². The third-order valence-electron chi connectivity index (χ3n) is 7.17. The van der Waals surface area contributed by atoms with Crippen molar-refractivity contribution in [2.24, 2.45) is 0 Å². The largest absolute Gasteiger partial charge is 0.481 e. The fraction of sp³-hybridized carbons (Fsp3) is 0.286. The zero-order valence-corrected chi connectivity index (χ0v) is 25.9. The summed E-state index contributed by atoms with van der Waals surface area (Å²) in [6.45, 7) is 11.8. The van der Waals surface area contributed by atoms with Gasteiger partial charge in [0.15, 0.2) is 0 Å². The number of aliphatic hydroxyl groups is 1. The van der Waals surface area contributed by atoms with Gasteiger partial charge in [0, 0.05) is 11.8 Å². The number of hydrogen-bond acceptors (Lipinski definition) is 4. The fourth-order valence-corrected chi connectivity index (χ4v) is 6.14. The summed E-state index contributed by atoms with van der Waals surface area (Å²) >= 11 is 1.55. The maximum atomic E-state index is 14.6. The zero-order valence-electron chi connectivity index (χ0n) is 25.1. The van der Waals surface area contributed by atoms with E-state index in [1.165, 1.54) is 18.2 Å². The fourth-order valence-electron chi connectivity index (χ4n) is 5.46. The molecule has 0 spiro atoms. The van der Waals surface area contributed by atoms with Crippen molar-refractivity contribution in [1.82, 2.24) is 0 Å². The summed E-state index contributed by atoms with van der Waals surface area (Å²) in [5, 5.41) is 18.3. The molecular weight excluding hydrogens is 552 g/mol. The number of benzene rings is 4. The molecule has 1 aliphatic rings. The number of aryl methyl sites for hydroxylation is 1. The molecule has 0 amide bonds. The maximum Gasteiger partial charge on any atom is 0.307 e. The van der Waals surface area contributed by atoms with Crippen molar-refractivity contribution < 1.29 is 23.8 Å². The van der Waals surface area contributed by atoms with Crippen LogP contribution in [-0.2, 0) is 17.8 Å². The summed E-state index contributed by atoms with van der Waals surface area (Å²) in [6, 6.07) is 17.6. The van der Waals surface area contributed by atoms with Crippen LogP contribution in [0.5, 0.6) is 0 Å². The summed E-state index contributed by atoms with van der Waals surface area (Å²) in [5.41, 5.74) is 9.70. The minimum Gasteiger partial charge on any atom is -0.481 e. The van der Waals surface area contributed by atoms with E-state index in [2.05, 4.69) is 4.31 Å². The highest BCUT2D eigenvalue weighted by atomic mass is 32.2. The highest BCUT2D eigenvalue weighted by Gasteiger charge is 2.30. The van der Waals surface area contributed by atoms with Crippen LogP contribution >= 0.6 is 11.9 Å². The third-order valence-corrected chi connectivity index (χ3v) is 7.93. The van der Waals surface area contributed by atoms with Crippen molar-refractivity contribution in [3.63, 3.8) is 0 Å². The number of anilines is 1. The van der Waals surface area contributed by atoms with Gasteiger partial charge < -0.3 is 14.5 Å². The number of fused-ring (bicyclic) bond motifs is 3. The third kappa shape index (κ3) is 6.53. The standard InChI is InChI=1S/C31H27F2NO2S.C4H10O/c1-17-8-10-20(11-9-17)28-19(3)29-23-13-12-21(30-25(32)6-5-7-26(30)33)14-22(23)16-34(37-4)31(29)18(2)24(28)15-27(35)36;1-4(2,3)5/h5-14H,15-16H2,1-4H3,(H,35,36);5H,1-3H3. The molecule has 0 bridgehead atoms. The number of aliphatic carboxylic acids is 1. The van der Waals surface area contributed by atoms with E-state index < -0.39 is 23.2 Å². The van der Waals surface area contributed by atoms with Crippen LogP contribution in [0, 0.1) is 32.4 Å². The van der Waals surface area contributed by atoms with Gasteiger partial charge in [-0.3, -0.25) is 4.79 Å². The summed E-state index contributed by atoms with van der Waals surface area (Å²) in [4.78, 5) is 11.9. The van der Waals surface area contributed by atoms with E-state index in [1.54, 1.807) is 38.8 Å². The number of halogens is 2. The second-order valence-corrected chi connectivity index (χ2v) is 12.4. The van der Waals surface area contributed by atoms with Gasteiger partial charge in [0.25, 0.3) is 0 Å². The zero-order chi connectivity index (χ0) is 30.9. The Kier molecular flexibility index (Phi) is 9.14. The normalized spacial score (nSPS) is 12.3. The topological polar surface area (TPSA) is 60.8 Å². The van der Waals surface area contributed by atoms with Crippen LogP contribution in [0.3, 0.4) is 0 Å². The molecule has 0 fully saturated rings. The van der Waals surface area contributed by atoms with Crippen molar-refractivity contribution in [2.45, 2.75) is 60.1 Å². The molecule has 4 aromatic carbocycles. The Labute approximate surface area is 251 Å². The Bertz CT molecular complexity index is 1620. The lowest BCUT2D eigenvalue weighted by molar-refractivity contribution is -0.136. The highest BCUT2D eigenvalue weighted by Crippen LogP contribution is 2.50. The molecule has 0 atom stereocenters. The number of carboxylic acids is 1. The molecule has 42 heavy (non-hydrogen) atoms. The van der Waals surface area contributed by atoms with E-state index in [0.717, 1.165) is 55.8 Å². The Balaban J connectivity index is 0.000000748. The molecule has 0 radical (unpaired) electrons. The van der Waals surface area contributed by atoms with Crippen molar-refractivity contribution in [3.05, 3.63) is 100 Å². The van der Waals surface area contributed by atoms with E-state index in [4.69, 9.17) is 5.11 Å². The van der Waals surface area contributed by atoms with Gasteiger partial charge in [0.05, 0.1) is 29.8 Å². The average Bonchev–Trinajstić information content (AvgIpc) is 2.90. The molecule has 0 saturated carbocycles. The van der Waals surface area contributed by atoms with Gasteiger partial charge in [0.1, 0.15) is 11.6 Å². The van der Waals surface area contributed by atoms with Crippen LogP contribution in [0.4, 0.5) is 14.5 Å². The van der Waals surface area contributed by atoms with Crippen LogP contribution in [-0.4, -0.2) is 28.0 Å². The van der Waals surface area contributed by atoms with Crippen LogP contribution in [0.1, 0.15) is 48.6 Å². The van der Waals surface area contributed by atoms with Gasteiger partial charge in [-0.05, 0) is 104 Å². The van der Waals surface area contributed by atoms with E-state index >= 15 is 0 Å². The molecule has 7 heteroatoms. The Morgan fingerprint density at radius 1 is 0.881 bits per heavy atom. The van der Waals surface area contributed by atoms with Crippen LogP contribution in [0.2, 0.25) is 0 Å². The Hall–Kier alpha value is -3.68. The molecule has 5 rings (SSSR count). The van der Waals surface area contributed by atoms with Gasteiger partial charge in [-0.2, -0.15) is 0 Å². The quantitative estimate of drug-likeness (QED) is 0.228. The van der Waals surface area contributed by atoms with Gasteiger partial charge in [-0.15, -0.1) is 0 Å². The summed E-state index contributed by atoms with van der Waals surface area (Å²) in [5.74, 6) is -2.06. The molecule has 220 valence electrons. The highest BCUT2D eigenvalue weighted by molar-refractivity contribution is 7.99. The van der Waals surface area contributed by atoms with Crippen LogP contribution in [0.15, 0.2) is 60.7 Å². The van der Waals surface area contributed by atoms with Crippen LogP contribution < -0.4 is 4.31 Å². The predicted octanol–water partition coefficient (Wildman–Crippen LogP) is 8.89. The first kappa shape index (κ1) is 31.3. The smallest absolute Gasteiger partial charge is 0.307 e. The van der Waals surface area contributed by atoms with Crippen molar-refractivity contribution in [2.75, 3.05) is 10.6 Å². The van der Waals surface area contributed by atoms with Crippen molar-refractivity contribution >= 4 is 23.6 Å². The second-order valence-electron chi connectivity index (χ2n) is 11.6. The molecule has 0 saturated heterocycles. The first-order valence-electron chi connectivity index (χ1n) is 13.8. The van der Waals surface area contributed by atoms with Gasteiger partial charge in [-0.1, -0.05) is 60.0 Å². The molecule has 0 unspecified atom stereocenters. The predicted molar refractivity (Wildman–Crippen MR) is 170 cm³/mol. The average molecular weight is 590 g/mol. The molecule has 1 heterocycles. The molecule has 2 N–H and O–H groups in total. The number of hydrogen-bond donors (Lipinski definition) is 2. The van der Waals surface area contributed by atoms with Crippen molar-refractivity contribution in [3.8, 4) is 33.4 Å². The summed E-state index contributed by atoms with van der Waals surface area (Å²) < 4.78 is 31.3. The number of carbonyl (C=O) groups is 1. The first-order valence-corrected chi connectivity index (χ1v) is 15.0. The van der Waals surface area contributed by atoms with Gasteiger partial charge >= 0.3 is 5.97 Å². The monoisotopic (exact) mass is 589 g/mol. The lowest BCUT2D eigenvalue weighted by atomic mass is 9.80. The molecule has 0 aliphatic carbocycles. The first-order chi connectivity index (χ1) is 19.7. The van der Waals surface area contributed by atoms with Crippen LogP contribution in [0.25, 0.3) is 33.4 Å². The molecule has 4 nitrogen and oxygen atoms in total.